The average molecular weight is 314 g/mol. The van der Waals surface area contributed by atoms with Gasteiger partial charge in [-0.05, 0) is 11.1 Å². The van der Waals surface area contributed by atoms with E-state index in [1.54, 1.807) is 12.1 Å². The number of hydrogen-bond donors (Lipinski definition) is 0. The Labute approximate surface area is 134 Å². The largest absolute Gasteiger partial charge is 0.269 e. The molecule has 2 aromatic carbocycles. The molecule has 6 nitrogen and oxygen atoms in total. The van der Waals surface area contributed by atoms with E-state index in [2.05, 4.69) is 0 Å². The zero-order valence-electron chi connectivity index (χ0n) is 13.0. The Morgan fingerprint density at radius 2 is 1.52 bits per heavy atom. The molecule has 0 heterocycles. The van der Waals surface area contributed by atoms with Crippen molar-refractivity contribution in [3.05, 3.63) is 86.0 Å². The summed E-state index contributed by atoms with van der Waals surface area (Å²) in [6.45, 7) is 3.65. The second-order valence-electron chi connectivity index (χ2n) is 6.00. The Bertz CT molecular complexity index is 696. The predicted octanol–water partition coefficient (Wildman–Crippen LogP) is 3.93. The highest BCUT2D eigenvalue weighted by Gasteiger charge is 2.36. The van der Waals surface area contributed by atoms with Crippen LogP contribution < -0.4 is 0 Å². The van der Waals surface area contributed by atoms with Crippen LogP contribution >= 0.6 is 0 Å². The Hall–Kier alpha value is -2.76. The minimum absolute atomic E-state index is 0.00934. The molecular formula is C17H18N2O4. The van der Waals surface area contributed by atoms with E-state index in [1.807, 2.05) is 44.2 Å². The van der Waals surface area contributed by atoms with Gasteiger partial charge < -0.3 is 0 Å². The van der Waals surface area contributed by atoms with Crippen LogP contribution in [0.25, 0.3) is 0 Å². The van der Waals surface area contributed by atoms with Gasteiger partial charge in [0.15, 0.2) is 0 Å². The van der Waals surface area contributed by atoms with E-state index >= 15 is 0 Å². The van der Waals surface area contributed by atoms with Gasteiger partial charge in [-0.1, -0.05) is 56.3 Å². The van der Waals surface area contributed by atoms with Crippen molar-refractivity contribution in [3.8, 4) is 0 Å². The summed E-state index contributed by atoms with van der Waals surface area (Å²) in [5, 5.41) is 21.9. The Morgan fingerprint density at radius 3 is 2.00 bits per heavy atom. The molecule has 0 bridgehead atoms. The van der Waals surface area contributed by atoms with Crippen molar-refractivity contribution >= 4 is 5.69 Å². The van der Waals surface area contributed by atoms with Crippen molar-refractivity contribution in [1.82, 2.24) is 0 Å². The molecule has 2 aromatic rings. The van der Waals surface area contributed by atoms with Crippen LogP contribution in [-0.2, 0) is 5.41 Å². The van der Waals surface area contributed by atoms with Gasteiger partial charge in [0.2, 0.25) is 6.54 Å². The minimum Gasteiger partial charge on any atom is -0.265 e. The molecule has 23 heavy (non-hydrogen) atoms. The lowest BCUT2D eigenvalue weighted by atomic mass is 9.70. The van der Waals surface area contributed by atoms with Crippen LogP contribution in [0, 0.1) is 20.2 Å². The van der Waals surface area contributed by atoms with Gasteiger partial charge in [0, 0.05) is 22.5 Å². The molecule has 0 aliphatic carbocycles. The van der Waals surface area contributed by atoms with E-state index < -0.39 is 10.3 Å². The number of rotatable bonds is 6. The lowest BCUT2D eigenvalue weighted by Crippen LogP contribution is -2.32. The van der Waals surface area contributed by atoms with Crippen LogP contribution in [0.5, 0.6) is 0 Å². The van der Waals surface area contributed by atoms with Crippen LogP contribution in [0.2, 0.25) is 0 Å². The van der Waals surface area contributed by atoms with Crippen molar-refractivity contribution in [2.45, 2.75) is 25.2 Å². The predicted molar refractivity (Wildman–Crippen MR) is 87.2 cm³/mol. The van der Waals surface area contributed by atoms with Crippen LogP contribution in [0.3, 0.4) is 0 Å². The van der Waals surface area contributed by atoms with Crippen molar-refractivity contribution in [3.63, 3.8) is 0 Å². The lowest BCUT2D eigenvalue weighted by Gasteiger charge is -2.32. The third-order valence-corrected chi connectivity index (χ3v) is 4.23. The van der Waals surface area contributed by atoms with E-state index in [-0.39, 0.29) is 23.1 Å². The molecule has 0 amide bonds. The first kappa shape index (κ1) is 16.6. The molecular weight excluding hydrogens is 296 g/mol. The van der Waals surface area contributed by atoms with Gasteiger partial charge in [-0.15, -0.1) is 0 Å². The van der Waals surface area contributed by atoms with E-state index in [0.29, 0.717) is 0 Å². The molecule has 0 aromatic heterocycles. The third-order valence-electron chi connectivity index (χ3n) is 4.23. The number of nitro benzene ring substituents is 1. The highest BCUT2D eigenvalue weighted by atomic mass is 16.6. The van der Waals surface area contributed by atoms with Gasteiger partial charge in [-0.2, -0.15) is 0 Å². The minimum atomic E-state index is -0.538. The summed E-state index contributed by atoms with van der Waals surface area (Å²) < 4.78 is 0. The molecule has 0 fully saturated rings. The quantitative estimate of drug-likeness (QED) is 0.597. The Kier molecular flexibility index (Phi) is 4.74. The summed E-state index contributed by atoms with van der Waals surface area (Å²) in [6, 6.07) is 15.6. The number of nitro groups is 2. The fourth-order valence-corrected chi connectivity index (χ4v) is 2.80. The van der Waals surface area contributed by atoms with Crippen molar-refractivity contribution < 1.29 is 9.85 Å². The standard InChI is InChI=1S/C17H18N2O4/c1-17(2,14-8-10-15(11-9-14)19(22)23)16(12-18(20)21)13-6-4-3-5-7-13/h3-11,16H,12H2,1-2H3. The first-order valence-corrected chi connectivity index (χ1v) is 7.24. The Morgan fingerprint density at radius 1 is 0.957 bits per heavy atom. The number of nitrogens with zero attached hydrogens (tertiary/aromatic N) is 2. The molecule has 6 heteroatoms. The highest BCUT2D eigenvalue weighted by Crippen LogP contribution is 2.39. The topological polar surface area (TPSA) is 86.3 Å². The molecule has 0 N–H and O–H groups in total. The van der Waals surface area contributed by atoms with Gasteiger partial charge in [0.25, 0.3) is 5.69 Å². The summed E-state index contributed by atoms with van der Waals surface area (Å²) in [5.41, 5.74) is 1.19. The maximum Gasteiger partial charge on any atom is 0.269 e. The smallest absolute Gasteiger partial charge is 0.265 e. The molecule has 120 valence electrons. The van der Waals surface area contributed by atoms with E-state index in [9.17, 15) is 20.2 Å². The zero-order valence-corrected chi connectivity index (χ0v) is 13.0. The molecule has 0 radical (unpaired) electrons. The van der Waals surface area contributed by atoms with Gasteiger partial charge in [-0.3, -0.25) is 20.2 Å². The Balaban J connectivity index is 2.42. The van der Waals surface area contributed by atoms with Crippen molar-refractivity contribution in [1.29, 1.82) is 0 Å². The van der Waals surface area contributed by atoms with Gasteiger partial charge in [0.1, 0.15) is 0 Å². The normalized spacial score (nSPS) is 12.6. The second kappa shape index (κ2) is 6.56. The van der Waals surface area contributed by atoms with Crippen LogP contribution in [0.15, 0.2) is 54.6 Å². The average Bonchev–Trinajstić information content (AvgIpc) is 2.53. The lowest BCUT2D eigenvalue weighted by molar-refractivity contribution is -0.485. The summed E-state index contributed by atoms with van der Waals surface area (Å²) in [4.78, 5) is 21.1. The number of benzene rings is 2. The fraction of sp³-hybridized carbons (Fsp3) is 0.294. The summed E-state index contributed by atoms with van der Waals surface area (Å²) >= 11 is 0. The summed E-state index contributed by atoms with van der Waals surface area (Å²) in [6.07, 6.45) is 0. The van der Waals surface area contributed by atoms with Crippen molar-refractivity contribution in [2.75, 3.05) is 6.54 Å². The number of non-ortho nitro benzene ring substituents is 1. The summed E-state index contributed by atoms with van der Waals surface area (Å²) in [7, 11) is 0. The maximum atomic E-state index is 11.1. The van der Waals surface area contributed by atoms with Gasteiger partial charge >= 0.3 is 0 Å². The fourth-order valence-electron chi connectivity index (χ4n) is 2.80. The summed E-state index contributed by atoms with van der Waals surface area (Å²) in [5.74, 6) is -0.333. The zero-order chi connectivity index (χ0) is 17.0. The van der Waals surface area contributed by atoms with Crippen LogP contribution in [-0.4, -0.2) is 16.4 Å². The van der Waals surface area contributed by atoms with E-state index in [0.717, 1.165) is 11.1 Å². The number of hydrogen-bond acceptors (Lipinski definition) is 4. The molecule has 0 spiro atoms. The molecule has 0 aliphatic rings. The first-order chi connectivity index (χ1) is 10.8. The molecule has 1 unspecified atom stereocenters. The molecule has 2 rings (SSSR count). The molecule has 0 saturated heterocycles. The molecule has 0 saturated carbocycles. The van der Waals surface area contributed by atoms with E-state index in [4.69, 9.17) is 0 Å². The molecule has 0 aliphatic heterocycles. The first-order valence-electron chi connectivity index (χ1n) is 7.24. The third kappa shape index (κ3) is 3.71. The highest BCUT2D eigenvalue weighted by molar-refractivity contribution is 5.38. The van der Waals surface area contributed by atoms with Crippen molar-refractivity contribution in [2.24, 2.45) is 0 Å². The van der Waals surface area contributed by atoms with E-state index in [1.165, 1.54) is 12.1 Å². The maximum absolute atomic E-state index is 11.1. The molecule has 1 atom stereocenters. The second-order valence-corrected chi connectivity index (χ2v) is 6.00. The van der Waals surface area contributed by atoms with Crippen LogP contribution in [0.1, 0.15) is 30.9 Å². The van der Waals surface area contributed by atoms with Gasteiger partial charge in [0.05, 0.1) is 10.8 Å². The monoisotopic (exact) mass is 314 g/mol. The SMILES string of the molecule is CC(C)(c1ccc([N+](=O)[O-])cc1)C(C[N+](=O)[O-])c1ccccc1. The van der Waals surface area contributed by atoms with Crippen LogP contribution in [0.4, 0.5) is 5.69 Å². The van der Waals surface area contributed by atoms with Gasteiger partial charge in [-0.25, -0.2) is 0 Å².